The molecule has 5 heteroatoms. The number of benzene rings is 1. The number of rotatable bonds is 7. The van der Waals surface area contributed by atoms with E-state index in [4.69, 9.17) is 0 Å². The summed E-state index contributed by atoms with van der Waals surface area (Å²) >= 11 is 1.66. The summed E-state index contributed by atoms with van der Waals surface area (Å²) in [4.78, 5) is 3.68. The first-order valence-corrected chi connectivity index (χ1v) is 9.10. The number of nitrogens with zero attached hydrogens (tertiary/aromatic N) is 4. The smallest absolute Gasteiger partial charge is 0.372 e. The van der Waals surface area contributed by atoms with Gasteiger partial charge in [0.1, 0.15) is 11.9 Å². The van der Waals surface area contributed by atoms with E-state index >= 15 is 0 Å². The van der Waals surface area contributed by atoms with Crippen molar-refractivity contribution in [1.29, 1.82) is 0 Å². The van der Waals surface area contributed by atoms with Gasteiger partial charge in [0, 0.05) is 23.7 Å². The van der Waals surface area contributed by atoms with Crippen molar-refractivity contribution in [2.24, 2.45) is 17.3 Å². The normalized spacial score (nSPS) is 11.3. The molecule has 1 heterocycles. The van der Waals surface area contributed by atoms with Crippen LogP contribution in [0.2, 0.25) is 0 Å². The molecule has 0 aliphatic carbocycles. The molecule has 2 rings (SSSR count). The molecule has 4 nitrogen and oxygen atoms in total. The molecule has 2 aromatic rings. The van der Waals surface area contributed by atoms with Crippen molar-refractivity contribution in [1.82, 2.24) is 0 Å². The summed E-state index contributed by atoms with van der Waals surface area (Å²) < 4.78 is 2.01. The molecule has 124 valence electrons. The highest BCUT2D eigenvalue weighted by atomic mass is 32.1. The molecule has 0 bridgehead atoms. The Balaban J connectivity index is 2.20. The molecule has 0 atom stereocenters. The Morgan fingerprint density at radius 3 is 2.30 bits per heavy atom. The lowest BCUT2D eigenvalue weighted by Crippen LogP contribution is -2.24. The summed E-state index contributed by atoms with van der Waals surface area (Å²) in [5.41, 5.74) is 3.38. The Bertz CT molecular complexity index is 670. The molecule has 0 amide bonds. The van der Waals surface area contributed by atoms with Crippen molar-refractivity contribution >= 4 is 27.8 Å². The molecule has 1 aromatic carbocycles. The zero-order valence-electron chi connectivity index (χ0n) is 14.8. The van der Waals surface area contributed by atoms with Crippen LogP contribution in [0.4, 0.5) is 16.5 Å². The van der Waals surface area contributed by atoms with Gasteiger partial charge in [0.2, 0.25) is 0 Å². The fourth-order valence-corrected chi connectivity index (χ4v) is 3.39. The summed E-state index contributed by atoms with van der Waals surface area (Å²) in [5, 5.41) is 9.76. The molecule has 0 spiro atoms. The van der Waals surface area contributed by atoms with E-state index < -0.39 is 0 Å². The molecule has 0 saturated heterocycles. The molecule has 0 fully saturated rings. The van der Waals surface area contributed by atoms with Gasteiger partial charge in [-0.3, -0.25) is 0 Å². The minimum atomic E-state index is 0.921. The van der Waals surface area contributed by atoms with Crippen LogP contribution in [0.1, 0.15) is 37.1 Å². The maximum atomic E-state index is 4.44. The first kappa shape index (κ1) is 17.6. The zero-order valence-corrected chi connectivity index (χ0v) is 15.7. The van der Waals surface area contributed by atoms with E-state index in [1.54, 1.807) is 11.3 Å². The number of aryl methyl sites for hydroxylation is 3. The largest absolute Gasteiger partial charge is 0.408 e. The van der Waals surface area contributed by atoms with E-state index in [0.29, 0.717) is 0 Å². The van der Waals surface area contributed by atoms with Crippen LogP contribution in [0.25, 0.3) is 0 Å². The number of hydrogen-bond acceptors (Lipinski definition) is 4. The van der Waals surface area contributed by atoms with Gasteiger partial charge in [0.15, 0.2) is 0 Å². The van der Waals surface area contributed by atoms with Gasteiger partial charge in [0.25, 0.3) is 0 Å². The van der Waals surface area contributed by atoms with Gasteiger partial charge in [-0.2, -0.15) is 0 Å². The quantitative estimate of drug-likeness (QED) is 0.505. The summed E-state index contributed by atoms with van der Waals surface area (Å²) in [6.45, 7) is 10.8. The minimum absolute atomic E-state index is 0.921. The monoisotopic (exact) mass is 331 g/mol. The lowest BCUT2D eigenvalue weighted by Gasteiger charge is -2.24. The molecular weight excluding hydrogens is 304 g/mol. The van der Waals surface area contributed by atoms with Crippen molar-refractivity contribution in [3.8, 4) is 0 Å². The van der Waals surface area contributed by atoms with E-state index in [1.807, 2.05) is 11.6 Å². The Morgan fingerprint density at radius 2 is 1.78 bits per heavy atom. The molecule has 23 heavy (non-hydrogen) atoms. The minimum Gasteiger partial charge on any atom is -0.372 e. The van der Waals surface area contributed by atoms with Crippen LogP contribution in [-0.2, 0) is 7.05 Å². The van der Waals surface area contributed by atoms with E-state index in [1.165, 1.54) is 16.1 Å². The molecular formula is C18H27N4S+. The lowest BCUT2D eigenvalue weighted by atomic mass is 10.1. The predicted octanol–water partition coefficient (Wildman–Crippen LogP) is 5.23. The molecule has 0 aliphatic heterocycles. The van der Waals surface area contributed by atoms with Crippen LogP contribution in [0.5, 0.6) is 0 Å². The molecule has 0 N–H and O–H groups in total. The molecule has 0 saturated carbocycles. The van der Waals surface area contributed by atoms with Crippen molar-refractivity contribution in [2.75, 3.05) is 18.0 Å². The SMILES string of the molecule is CCCN(CCC)c1ccc(N=Nc2sc(C)c[n+]2C)c(C)c1. The van der Waals surface area contributed by atoms with Gasteiger partial charge in [-0.15, -0.1) is 0 Å². The van der Waals surface area contributed by atoms with E-state index in [2.05, 4.69) is 67.2 Å². The maximum absolute atomic E-state index is 4.44. The number of anilines is 1. The number of aromatic nitrogens is 1. The van der Waals surface area contributed by atoms with Crippen molar-refractivity contribution in [2.45, 2.75) is 40.5 Å². The fourth-order valence-electron chi connectivity index (χ4n) is 2.62. The Morgan fingerprint density at radius 1 is 1.09 bits per heavy atom. The third-order valence-electron chi connectivity index (χ3n) is 3.71. The summed E-state index contributed by atoms with van der Waals surface area (Å²) in [6.07, 6.45) is 4.39. The Kier molecular flexibility index (Phi) is 6.28. The van der Waals surface area contributed by atoms with Gasteiger partial charge in [-0.25, -0.2) is 4.57 Å². The second-order valence-electron chi connectivity index (χ2n) is 5.89. The van der Waals surface area contributed by atoms with Crippen LogP contribution in [0.15, 0.2) is 34.6 Å². The Labute approximate surface area is 143 Å². The van der Waals surface area contributed by atoms with E-state index in [0.717, 1.165) is 36.8 Å². The standard InChI is InChI=1S/C18H27N4S/c1-6-10-22(11-7-2)16-8-9-17(14(3)12-16)19-20-18-21(5)13-15(4)23-18/h8-9,12-13H,6-7,10-11H2,1-5H3/q+1. The number of hydrogen-bond donors (Lipinski definition) is 0. The highest BCUT2D eigenvalue weighted by Gasteiger charge is 2.12. The maximum Gasteiger partial charge on any atom is 0.408 e. The second-order valence-corrected chi connectivity index (χ2v) is 7.11. The van der Waals surface area contributed by atoms with Gasteiger partial charge in [-0.05, 0) is 66.9 Å². The average Bonchev–Trinajstić information content (AvgIpc) is 2.83. The topological polar surface area (TPSA) is 31.8 Å². The van der Waals surface area contributed by atoms with Crippen LogP contribution in [0.3, 0.4) is 0 Å². The molecule has 1 aromatic heterocycles. The van der Waals surface area contributed by atoms with E-state index in [-0.39, 0.29) is 0 Å². The number of azo groups is 1. The zero-order chi connectivity index (χ0) is 16.8. The fraction of sp³-hybridized carbons (Fsp3) is 0.500. The van der Waals surface area contributed by atoms with Gasteiger partial charge in [0.05, 0.1) is 12.2 Å². The highest BCUT2D eigenvalue weighted by molar-refractivity contribution is 7.14. The van der Waals surface area contributed by atoms with Gasteiger partial charge in [-0.1, -0.05) is 13.8 Å². The third kappa shape index (κ3) is 4.61. The van der Waals surface area contributed by atoms with Crippen molar-refractivity contribution in [3.63, 3.8) is 0 Å². The molecule has 0 aliphatic rings. The lowest BCUT2D eigenvalue weighted by molar-refractivity contribution is -0.654. The first-order chi connectivity index (χ1) is 11.0. The predicted molar refractivity (Wildman–Crippen MR) is 98.4 cm³/mol. The van der Waals surface area contributed by atoms with Crippen LogP contribution in [-0.4, -0.2) is 13.1 Å². The first-order valence-electron chi connectivity index (χ1n) is 8.28. The second kappa shape index (κ2) is 8.20. The average molecular weight is 332 g/mol. The number of thiazole rings is 1. The van der Waals surface area contributed by atoms with Crippen molar-refractivity contribution in [3.05, 3.63) is 34.8 Å². The summed E-state index contributed by atoms with van der Waals surface area (Å²) in [6, 6.07) is 6.46. The molecule has 0 radical (unpaired) electrons. The molecule has 0 unspecified atom stereocenters. The van der Waals surface area contributed by atoms with E-state index in [9.17, 15) is 0 Å². The van der Waals surface area contributed by atoms with Crippen LogP contribution in [0, 0.1) is 13.8 Å². The summed E-state index contributed by atoms with van der Waals surface area (Å²) in [7, 11) is 2.00. The third-order valence-corrected chi connectivity index (χ3v) is 4.68. The van der Waals surface area contributed by atoms with Gasteiger partial charge < -0.3 is 4.90 Å². The Hall–Kier alpha value is -1.75. The van der Waals surface area contributed by atoms with Crippen molar-refractivity contribution < 1.29 is 4.57 Å². The van der Waals surface area contributed by atoms with Crippen LogP contribution < -0.4 is 9.47 Å². The van der Waals surface area contributed by atoms with Crippen LogP contribution >= 0.6 is 11.3 Å². The highest BCUT2D eigenvalue weighted by Crippen LogP contribution is 2.27. The summed E-state index contributed by atoms with van der Waals surface area (Å²) in [5.74, 6) is 0. The van der Waals surface area contributed by atoms with Gasteiger partial charge >= 0.3 is 5.13 Å².